The Bertz CT molecular complexity index is 959. The van der Waals surface area contributed by atoms with Gasteiger partial charge in [-0.2, -0.15) is 0 Å². The molecule has 220 valence electrons. The van der Waals surface area contributed by atoms with Crippen LogP contribution in [-0.4, -0.2) is 63.6 Å². The van der Waals surface area contributed by atoms with E-state index in [4.69, 9.17) is 21.1 Å². The predicted molar refractivity (Wildman–Crippen MR) is 150 cm³/mol. The van der Waals surface area contributed by atoms with E-state index < -0.39 is 53.5 Å². The number of ether oxygens (including phenoxy) is 2. The normalized spacial score (nSPS) is 27.5. The van der Waals surface area contributed by atoms with Gasteiger partial charge >= 0.3 is 12.0 Å². The molecule has 0 radical (unpaired) electrons. The number of aliphatic hydroxyl groups is 2. The number of carboxylic acid groups (broad SMARTS) is 1. The van der Waals surface area contributed by atoms with Gasteiger partial charge in [0.25, 0.3) is 0 Å². The topological polar surface area (TPSA) is 137 Å². The van der Waals surface area contributed by atoms with E-state index >= 15 is 0 Å². The Morgan fingerprint density at radius 1 is 0.974 bits per heavy atom. The standard InChI is InChI=1S/C29H45ClN2O7/c1-4-5-6-7-8-9-10-11-12-13-18-38-25-29(37)27(2,3)28(29,36)24(39-25)22(19-23(33)34)32-26(35)31-21-16-14-20(30)15-17-21/h14-17,22,24-25,36-37H,4-13,18-19H2,1-3H3,(H,33,34)(H2,31,32,35)/t22-,24+,25-,28+,29-/m0/s1. The third-order valence-corrected chi connectivity index (χ3v) is 8.65. The van der Waals surface area contributed by atoms with E-state index in [1.54, 1.807) is 38.1 Å². The summed E-state index contributed by atoms with van der Waals surface area (Å²) in [6.07, 6.45) is 8.92. The quantitative estimate of drug-likeness (QED) is 0.157. The van der Waals surface area contributed by atoms with Crippen LogP contribution in [0.2, 0.25) is 5.02 Å². The van der Waals surface area contributed by atoms with E-state index in [2.05, 4.69) is 17.6 Å². The van der Waals surface area contributed by atoms with Crippen LogP contribution in [-0.2, 0) is 14.3 Å². The van der Waals surface area contributed by atoms with Crippen LogP contribution >= 0.6 is 11.6 Å². The monoisotopic (exact) mass is 568 g/mol. The highest BCUT2D eigenvalue weighted by Crippen LogP contribution is 2.73. The number of benzene rings is 1. The molecular formula is C29H45ClN2O7. The summed E-state index contributed by atoms with van der Waals surface area (Å²) >= 11 is 5.89. The minimum Gasteiger partial charge on any atom is -0.481 e. The zero-order valence-electron chi connectivity index (χ0n) is 23.4. The Morgan fingerprint density at radius 2 is 1.54 bits per heavy atom. The molecule has 39 heavy (non-hydrogen) atoms. The van der Waals surface area contributed by atoms with Crippen LogP contribution in [0.3, 0.4) is 0 Å². The number of hydrogen-bond donors (Lipinski definition) is 5. The van der Waals surface area contributed by atoms with E-state index in [1.165, 1.54) is 44.9 Å². The zero-order valence-corrected chi connectivity index (χ0v) is 24.1. The fourth-order valence-corrected chi connectivity index (χ4v) is 6.02. The molecule has 1 heterocycles. The van der Waals surface area contributed by atoms with Crippen LogP contribution in [0.25, 0.3) is 0 Å². The number of hydrogen-bond acceptors (Lipinski definition) is 6. The second-order valence-corrected chi connectivity index (χ2v) is 11.8. The first-order chi connectivity index (χ1) is 18.5. The number of anilines is 1. The third-order valence-electron chi connectivity index (χ3n) is 8.39. The molecule has 3 rings (SSSR count). The van der Waals surface area contributed by atoms with Crippen molar-refractivity contribution in [3.63, 3.8) is 0 Å². The van der Waals surface area contributed by atoms with Crippen LogP contribution in [0.4, 0.5) is 10.5 Å². The van der Waals surface area contributed by atoms with E-state index in [0.29, 0.717) is 17.3 Å². The molecule has 1 aromatic rings. The summed E-state index contributed by atoms with van der Waals surface area (Å²) in [6, 6.07) is 4.63. The molecule has 1 aliphatic heterocycles. The van der Waals surface area contributed by atoms with Gasteiger partial charge < -0.3 is 35.4 Å². The number of urea groups is 1. The Hall–Kier alpha value is -1.91. The van der Waals surface area contributed by atoms with Crippen molar-refractivity contribution in [3.05, 3.63) is 29.3 Å². The molecular weight excluding hydrogens is 524 g/mol. The molecule has 2 fully saturated rings. The lowest BCUT2D eigenvalue weighted by Gasteiger charge is -2.32. The number of amides is 2. The Morgan fingerprint density at radius 3 is 2.10 bits per heavy atom. The number of aliphatic carboxylic acids is 1. The van der Waals surface area contributed by atoms with Gasteiger partial charge in [0, 0.05) is 22.7 Å². The van der Waals surface area contributed by atoms with E-state index in [-0.39, 0.29) is 0 Å². The summed E-state index contributed by atoms with van der Waals surface area (Å²) in [5, 5.41) is 38.2. The van der Waals surface area contributed by atoms with Gasteiger partial charge in [0.2, 0.25) is 0 Å². The lowest BCUT2D eigenvalue weighted by atomic mass is 9.94. The molecule has 1 saturated carbocycles. The minimum absolute atomic E-state index is 0.344. The maximum absolute atomic E-state index is 12.7. The van der Waals surface area contributed by atoms with Gasteiger partial charge in [-0.05, 0) is 30.7 Å². The molecule has 0 bridgehead atoms. The molecule has 2 amide bonds. The van der Waals surface area contributed by atoms with Crippen molar-refractivity contribution in [2.24, 2.45) is 5.41 Å². The van der Waals surface area contributed by atoms with Crippen molar-refractivity contribution in [1.29, 1.82) is 0 Å². The first-order valence-electron chi connectivity index (χ1n) is 14.3. The molecule has 5 N–H and O–H groups in total. The highest BCUT2D eigenvalue weighted by molar-refractivity contribution is 6.30. The van der Waals surface area contributed by atoms with Crippen molar-refractivity contribution in [3.8, 4) is 0 Å². The average molecular weight is 569 g/mol. The molecule has 5 atom stereocenters. The summed E-state index contributed by atoms with van der Waals surface area (Å²) in [4.78, 5) is 24.4. The molecule has 0 aromatic heterocycles. The number of rotatable bonds is 17. The summed E-state index contributed by atoms with van der Waals surface area (Å²) < 4.78 is 11.9. The Balaban J connectivity index is 1.54. The summed E-state index contributed by atoms with van der Waals surface area (Å²) in [5.74, 6) is -1.18. The van der Waals surface area contributed by atoms with Crippen LogP contribution in [0, 0.1) is 5.41 Å². The van der Waals surface area contributed by atoms with E-state index in [1.807, 2.05) is 0 Å². The van der Waals surface area contributed by atoms with Gasteiger partial charge in [-0.3, -0.25) is 4.79 Å². The van der Waals surface area contributed by atoms with E-state index in [0.717, 1.165) is 19.3 Å². The van der Waals surface area contributed by atoms with Crippen molar-refractivity contribution >= 4 is 29.3 Å². The number of halogens is 1. The number of carbonyl (C=O) groups is 2. The lowest BCUT2D eigenvalue weighted by Crippen LogP contribution is -2.53. The smallest absolute Gasteiger partial charge is 0.319 e. The highest BCUT2D eigenvalue weighted by Gasteiger charge is 2.93. The van der Waals surface area contributed by atoms with Crippen LogP contribution < -0.4 is 10.6 Å². The van der Waals surface area contributed by atoms with Crippen LogP contribution in [0.5, 0.6) is 0 Å². The van der Waals surface area contributed by atoms with Crippen LogP contribution in [0.1, 0.15) is 91.4 Å². The number of unbranched alkanes of at least 4 members (excludes halogenated alkanes) is 9. The van der Waals surface area contributed by atoms with Gasteiger partial charge in [-0.15, -0.1) is 0 Å². The molecule has 1 saturated heterocycles. The first kappa shape index (κ1) is 31.6. The average Bonchev–Trinajstić information content (AvgIpc) is 3.09. The molecule has 1 aliphatic carbocycles. The largest absolute Gasteiger partial charge is 0.481 e. The van der Waals surface area contributed by atoms with Gasteiger partial charge in [0.05, 0.1) is 12.5 Å². The number of carboxylic acids is 1. The summed E-state index contributed by atoms with van der Waals surface area (Å²) in [6.45, 7) is 5.93. The Labute approximate surface area is 236 Å². The SMILES string of the molecule is CCCCCCCCCCCCO[C@H]1O[C@H]([C@H](CC(=O)O)NC(=O)Nc2ccc(Cl)cc2)[C@@]2(O)C(C)(C)[C@@]12O. The molecule has 0 unspecified atom stereocenters. The first-order valence-corrected chi connectivity index (χ1v) is 14.6. The van der Waals surface area contributed by atoms with Crippen LogP contribution in [0.15, 0.2) is 24.3 Å². The van der Waals surface area contributed by atoms with Crippen molar-refractivity contribution in [1.82, 2.24) is 5.32 Å². The van der Waals surface area contributed by atoms with Gasteiger partial charge in [0.15, 0.2) is 11.9 Å². The number of nitrogens with one attached hydrogen (secondary N) is 2. The number of carbonyl (C=O) groups excluding carboxylic acids is 1. The molecule has 1 aromatic carbocycles. The van der Waals surface area contributed by atoms with Crippen molar-refractivity contribution in [2.75, 3.05) is 11.9 Å². The lowest BCUT2D eigenvalue weighted by molar-refractivity contribution is -0.212. The summed E-state index contributed by atoms with van der Waals surface area (Å²) in [7, 11) is 0. The van der Waals surface area contributed by atoms with Gasteiger partial charge in [0.1, 0.15) is 11.7 Å². The fraction of sp³-hybridized carbons (Fsp3) is 0.724. The van der Waals surface area contributed by atoms with Gasteiger partial charge in [-0.1, -0.05) is 90.2 Å². The second kappa shape index (κ2) is 13.6. The highest BCUT2D eigenvalue weighted by atomic mass is 35.5. The Kier molecular flexibility index (Phi) is 11.1. The molecule has 9 nitrogen and oxygen atoms in total. The minimum atomic E-state index is -1.80. The van der Waals surface area contributed by atoms with Crippen molar-refractivity contribution in [2.45, 2.75) is 121 Å². The second-order valence-electron chi connectivity index (χ2n) is 11.4. The molecule has 0 spiro atoms. The predicted octanol–water partition coefficient (Wildman–Crippen LogP) is 5.47. The maximum atomic E-state index is 12.7. The molecule has 10 heteroatoms. The van der Waals surface area contributed by atoms with Gasteiger partial charge in [-0.25, -0.2) is 4.79 Å². The third kappa shape index (κ3) is 6.88. The fourth-order valence-electron chi connectivity index (χ4n) is 5.89. The zero-order chi connectivity index (χ0) is 28.7. The number of fused-ring (bicyclic) bond motifs is 1. The summed E-state index contributed by atoms with van der Waals surface area (Å²) in [5.41, 5.74) is -4.10. The van der Waals surface area contributed by atoms with E-state index in [9.17, 15) is 24.9 Å². The molecule has 2 aliphatic rings. The maximum Gasteiger partial charge on any atom is 0.319 e. The van der Waals surface area contributed by atoms with Crippen molar-refractivity contribution < 1.29 is 34.4 Å².